The lowest BCUT2D eigenvalue weighted by atomic mass is 9.80. The van der Waals surface area contributed by atoms with Crippen molar-refractivity contribution in [2.24, 2.45) is 11.8 Å². The van der Waals surface area contributed by atoms with E-state index in [0.717, 1.165) is 82.3 Å². The number of aryl methyl sites for hydroxylation is 1. The third-order valence-electron chi connectivity index (χ3n) is 8.44. The molecule has 0 radical (unpaired) electrons. The maximum absolute atomic E-state index is 12.8. The third kappa shape index (κ3) is 13.3. The van der Waals surface area contributed by atoms with Gasteiger partial charge in [-0.05, 0) is 82.2 Å². The maximum Gasteiger partial charge on any atom is 0.457 e. The predicted octanol–water partition coefficient (Wildman–Crippen LogP) is 8.00. The Labute approximate surface area is 269 Å². The lowest BCUT2D eigenvalue weighted by molar-refractivity contribution is -0.147. The fraction of sp³-hybridized carbons (Fsp3) is 0.657. The fourth-order valence-electron chi connectivity index (χ4n) is 6.10. The Morgan fingerprint density at radius 2 is 1.86 bits per heavy atom. The first kappa shape index (κ1) is 35.6. The van der Waals surface area contributed by atoms with Crippen LogP contribution in [0.3, 0.4) is 0 Å². The van der Waals surface area contributed by atoms with Crippen molar-refractivity contribution in [2.45, 2.75) is 122 Å². The first-order chi connectivity index (χ1) is 21.0. The van der Waals surface area contributed by atoms with E-state index in [4.69, 9.17) is 14.0 Å². The summed E-state index contributed by atoms with van der Waals surface area (Å²) in [6, 6.07) is 10.4. The van der Waals surface area contributed by atoms with Crippen LogP contribution in [0.2, 0.25) is 6.32 Å². The summed E-state index contributed by atoms with van der Waals surface area (Å²) in [5.74, 6) is 0.514. The van der Waals surface area contributed by atoms with Crippen molar-refractivity contribution in [3.8, 4) is 0 Å². The second-order valence-corrected chi connectivity index (χ2v) is 12.7. The molecular weight excluding hydrogens is 605 g/mol. The molecule has 3 rings (SSSR count). The van der Waals surface area contributed by atoms with Crippen molar-refractivity contribution < 1.29 is 23.6 Å². The highest BCUT2D eigenvalue weighted by molar-refractivity contribution is 9.09. The van der Waals surface area contributed by atoms with Gasteiger partial charge in [0.25, 0.3) is 0 Å². The molecule has 2 bridgehead atoms. The highest BCUT2D eigenvalue weighted by Crippen LogP contribution is 2.44. The SMILES string of the molecule is CCCCB1OC2CC(O1)[C@H](CC=CCCCC(=O)NCC)[C@H]2C=C[C@@H](CCc1ccccc1)OC(=O)CCCCCBr. The average Bonchev–Trinajstić information content (AvgIpc) is 3.25. The zero-order valence-electron chi connectivity index (χ0n) is 26.4. The number of allylic oxidation sites excluding steroid dienone is 2. The molecule has 1 N–H and O–H groups in total. The van der Waals surface area contributed by atoms with Crippen molar-refractivity contribution in [2.75, 3.05) is 11.9 Å². The molecule has 8 heteroatoms. The van der Waals surface area contributed by atoms with Gasteiger partial charge in [-0.15, -0.1) is 0 Å². The number of hydrogen-bond acceptors (Lipinski definition) is 5. The average molecular weight is 659 g/mol. The van der Waals surface area contributed by atoms with Gasteiger partial charge >= 0.3 is 13.1 Å². The minimum atomic E-state index is -0.272. The van der Waals surface area contributed by atoms with Gasteiger partial charge in [0.2, 0.25) is 5.91 Å². The van der Waals surface area contributed by atoms with Gasteiger partial charge in [0.05, 0.1) is 6.10 Å². The van der Waals surface area contributed by atoms with Crippen molar-refractivity contribution in [1.82, 2.24) is 5.32 Å². The smallest absolute Gasteiger partial charge is 0.457 e. The molecule has 2 unspecified atom stereocenters. The molecule has 43 heavy (non-hydrogen) atoms. The first-order valence-electron chi connectivity index (χ1n) is 16.7. The van der Waals surface area contributed by atoms with Crippen LogP contribution in [0.5, 0.6) is 0 Å². The van der Waals surface area contributed by atoms with E-state index >= 15 is 0 Å². The molecule has 1 saturated carbocycles. The molecule has 1 aromatic carbocycles. The number of alkyl halides is 1. The van der Waals surface area contributed by atoms with Crippen LogP contribution in [0, 0.1) is 11.8 Å². The Bertz CT molecular complexity index is 990. The summed E-state index contributed by atoms with van der Waals surface area (Å²) in [5, 5.41) is 3.83. The number of halogens is 1. The fourth-order valence-corrected chi connectivity index (χ4v) is 6.49. The van der Waals surface area contributed by atoms with Gasteiger partial charge in [-0.2, -0.15) is 0 Å². The van der Waals surface area contributed by atoms with Crippen molar-refractivity contribution >= 4 is 34.9 Å². The van der Waals surface area contributed by atoms with E-state index < -0.39 is 0 Å². The molecule has 2 fully saturated rings. The number of esters is 1. The zero-order chi connectivity index (χ0) is 30.7. The quantitative estimate of drug-likeness (QED) is 0.0477. The van der Waals surface area contributed by atoms with Gasteiger partial charge in [-0.25, -0.2) is 0 Å². The number of benzene rings is 1. The Balaban J connectivity index is 1.67. The zero-order valence-corrected chi connectivity index (χ0v) is 28.0. The highest BCUT2D eigenvalue weighted by atomic mass is 79.9. The van der Waals surface area contributed by atoms with Gasteiger partial charge < -0.3 is 19.4 Å². The van der Waals surface area contributed by atoms with Crippen LogP contribution in [0.1, 0.15) is 96.5 Å². The highest BCUT2D eigenvalue weighted by Gasteiger charge is 2.49. The van der Waals surface area contributed by atoms with Crippen LogP contribution in [0.4, 0.5) is 0 Å². The van der Waals surface area contributed by atoms with E-state index in [0.29, 0.717) is 25.3 Å². The molecular formula is C35H53BBrNO5. The molecule has 1 aliphatic heterocycles. The van der Waals surface area contributed by atoms with E-state index in [1.165, 1.54) is 5.56 Å². The second kappa shape index (κ2) is 21.0. The topological polar surface area (TPSA) is 73.9 Å². The number of unbranched alkanes of at least 4 members (excludes halogenated alkanes) is 4. The number of hydrogen-bond donors (Lipinski definition) is 1. The monoisotopic (exact) mass is 657 g/mol. The molecule has 1 saturated heterocycles. The summed E-state index contributed by atoms with van der Waals surface area (Å²) in [7, 11) is -0.142. The predicted molar refractivity (Wildman–Crippen MR) is 179 cm³/mol. The Morgan fingerprint density at radius 3 is 2.63 bits per heavy atom. The lowest BCUT2D eigenvalue weighted by Gasteiger charge is -2.27. The molecule has 0 spiro atoms. The standard InChI is InChI=1S/C35H53BBrNO5/c1-3-5-25-36-42-32-27-33(43-36)31(30(32)18-12-6-7-13-19-34(39)38-4-2)24-23-29(22-21-28-16-10-8-11-17-28)41-35(40)20-14-9-15-26-37/h6,8,10-12,16-17,23-24,29-33H,3-5,7,9,13-15,18-22,25-27H2,1-2H3,(H,38,39)/t29-,30-,31-,32?,33?/m1/s1. The molecule has 2 aliphatic rings. The summed E-state index contributed by atoms with van der Waals surface area (Å²) in [4.78, 5) is 24.5. The van der Waals surface area contributed by atoms with Crippen molar-refractivity contribution in [1.29, 1.82) is 0 Å². The van der Waals surface area contributed by atoms with Crippen LogP contribution in [0.25, 0.3) is 0 Å². The minimum absolute atomic E-state index is 0.114. The van der Waals surface area contributed by atoms with Gasteiger partial charge in [-0.1, -0.05) is 90.7 Å². The van der Waals surface area contributed by atoms with Crippen LogP contribution >= 0.6 is 15.9 Å². The molecule has 1 aliphatic carbocycles. The molecule has 6 nitrogen and oxygen atoms in total. The summed E-state index contributed by atoms with van der Waals surface area (Å²) >= 11 is 3.47. The second-order valence-electron chi connectivity index (χ2n) is 11.9. The first-order valence-corrected chi connectivity index (χ1v) is 17.9. The summed E-state index contributed by atoms with van der Waals surface area (Å²) in [6.45, 7) is 4.82. The van der Waals surface area contributed by atoms with E-state index in [9.17, 15) is 9.59 Å². The van der Waals surface area contributed by atoms with Crippen LogP contribution in [0.15, 0.2) is 54.6 Å². The number of carbonyl (C=O) groups excluding carboxylic acids is 2. The Kier molecular flexibility index (Phi) is 17.3. The molecule has 0 aromatic heterocycles. The summed E-state index contributed by atoms with van der Waals surface area (Å²) in [5.41, 5.74) is 1.25. The van der Waals surface area contributed by atoms with Gasteiger partial charge in [-0.3, -0.25) is 9.59 Å². The van der Waals surface area contributed by atoms with Gasteiger partial charge in [0.15, 0.2) is 0 Å². The van der Waals surface area contributed by atoms with Crippen molar-refractivity contribution in [3.05, 3.63) is 60.2 Å². The number of fused-ring (bicyclic) bond motifs is 2. The molecule has 1 heterocycles. The van der Waals surface area contributed by atoms with E-state index in [1.54, 1.807) is 0 Å². The molecule has 1 amide bonds. The summed E-state index contributed by atoms with van der Waals surface area (Å²) < 4.78 is 19.0. The molecule has 238 valence electrons. The lowest BCUT2D eigenvalue weighted by Crippen LogP contribution is -2.37. The molecule has 5 atom stereocenters. The van der Waals surface area contributed by atoms with Crippen molar-refractivity contribution in [3.63, 3.8) is 0 Å². The largest absolute Gasteiger partial charge is 0.458 e. The van der Waals surface area contributed by atoms with Crippen LogP contribution < -0.4 is 5.32 Å². The number of nitrogens with one attached hydrogen (secondary N) is 1. The van der Waals surface area contributed by atoms with E-state index in [2.05, 4.69) is 76.7 Å². The maximum atomic E-state index is 12.8. The molecule has 1 aromatic rings. The minimum Gasteiger partial charge on any atom is -0.458 e. The van der Waals surface area contributed by atoms with Crippen LogP contribution in [-0.2, 0) is 30.1 Å². The van der Waals surface area contributed by atoms with Gasteiger partial charge in [0.1, 0.15) is 6.10 Å². The van der Waals surface area contributed by atoms with Gasteiger partial charge in [0, 0.05) is 36.7 Å². The normalized spacial score (nSPS) is 22.3. The third-order valence-corrected chi connectivity index (χ3v) is 9.00. The Hall–Kier alpha value is -1.90. The number of carbonyl (C=O) groups is 2. The summed E-state index contributed by atoms with van der Waals surface area (Å²) in [6.07, 6.45) is 21.1. The number of ether oxygens (including phenoxy) is 1. The van der Waals surface area contributed by atoms with Crippen LogP contribution in [-0.4, -0.2) is 49.2 Å². The Morgan fingerprint density at radius 1 is 1.05 bits per heavy atom. The van der Waals surface area contributed by atoms with E-state index in [-0.39, 0.29) is 43.2 Å². The van der Waals surface area contributed by atoms with E-state index in [1.807, 2.05) is 13.0 Å². The number of amides is 1. The number of rotatable bonds is 21.